The number of aliphatic hydroxyl groups excluding tert-OH is 1. The number of benzene rings is 2. The summed E-state index contributed by atoms with van der Waals surface area (Å²) in [4.78, 5) is 0. The highest BCUT2D eigenvalue weighted by Gasteiger charge is 2.17. The van der Waals surface area contributed by atoms with Crippen molar-refractivity contribution in [3.8, 4) is 11.8 Å². The third-order valence-electron chi connectivity index (χ3n) is 4.48. The van der Waals surface area contributed by atoms with E-state index in [9.17, 15) is 10.4 Å². The van der Waals surface area contributed by atoms with E-state index in [1.54, 1.807) is 13.2 Å². The Morgan fingerprint density at radius 3 is 2.60 bits per heavy atom. The van der Waals surface area contributed by atoms with E-state index in [2.05, 4.69) is 6.07 Å². The van der Waals surface area contributed by atoms with Crippen LogP contribution in [0.2, 0.25) is 0 Å². The molecule has 25 heavy (non-hydrogen) atoms. The first-order valence-corrected chi connectivity index (χ1v) is 7.97. The molecule has 4 rings (SSSR count). The molecule has 0 radical (unpaired) electrons. The fourth-order valence-corrected chi connectivity index (χ4v) is 3.23. The van der Waals surface area contributed by atoms with Crippen LogP contribution in [0.1, 0.15) is 22.8 Å². The van der Waals surface area contributed by atoms with E-state index in [1.165, 1.54) is 0 Å². The Morgan fingerprint density at radius 1 is 1.08 bits per heavy atom. The lowest BCUT2D eigenvalue weighted by Crippen LogP contribution is -2.04. The smallest absolute Gasteiger partial charge is 0.118 e. The number of aromatic nitrogens is 1. The second-order valence-corrected chi connectivity index (χ2v) is 5.93. The largest absolute Gasteiger partial charge is 0.497 e. The van der Waals surface area contributed by atoms with Crippen molar-refractivity contribution in [3.63, 3.8) is 0 Å². The van der Waals surface area contributed by atoms with Crippen molar-refractivity contribution in [1.29, 1.82) is 5.26 Å². The number of aliphatic hydroxyl groups is 1. The number of fused-ring (bicyclic) bond motifs is 3. The zero-order valence-corrected chi connectivity index (χ0v) is 13.7. The number of nitrogens with zero attached hydrogens (tertiary/aromatic N) is 2. The number of pyridine rings is 1. The molecule has 4 aromatic rings. The standard InChI is InChI=1S/C21H16N2O2/c1-25-18-8-5-15(6-9-18)21(24)19-12-14(13-22)11-16-4-7-17-3-2-10-23(17)20(16)19/h2-12,21,24H,1H3. The molecule has 1 atom stereocenters. The van der Waals surface area contributed by atoms with Crippen molar-refractivity contribution in [2.75, 3.05) is 7.11 Å². The monoisotopic (exact) mass is 328 g/mol. The predicted octanol–water partition coefficient (Wildman–Crippen LogP) is 4.05. The van der Waals surface area contributed by atoms with Crippen molar-refractivity contribution in [2.24, 2.45) is 0 Å². The van der Waals surface area contributed by atoms with Crippen molar-refractivity contribution in [2.45, 2.75) is 6.10 Å². The van der Waals surface area contributed by atoms with Gasteiger partial charge >= 0.3 is 0 Å². The molecule has 4 nitrogen and oxygen atoms in total. The Hall–Kier alpha value is -3.29. The molecule has 0 aliphatic carbocycles. The second-order valence-electron chi connectivity index (χ2n) is 5.93. The molecule has 122 valence electrons. The Bertz CT molecular complexity index is 1100. The van der Waals surface area contributed by atoms with Gasteiger partial charge in [-0.05, 0) is 48.0 Å². The van der Waals surface area contributed by atoms with Gasteiger partial charge in [-0.25, -0.2) is 0 Å². The van der Waals surface area contributed by atoms with Crippen LogP contribution in [0.4, 0.5) is 0 Å². The van der Waals surface area contributed by atoms with Crippen molar-refractivity contribution in [1.82, 2.24) is 4.40 Å². The van der Waals surface area contributed by atoms with Crippen LogP contribution in [0, 0.1) is 11.3 Å². The topological polar surface area (TPSA) is 57.7 Å². The van der Waals surface area contributed by atoms with Gasteiger partial charge in [0.1, 0.15) is 11.9 Å². The highest BCUT2D eigenvalue weighted by molar-refractivity contribution is 5.87. The van der Waals surface area contributed by atoms with E-state index in [4.69, 9.17) is 4.74 Å². The van der Waals surface area contributed by atoms with Crippen LogP contribution < -0.4 is 4.74 Å². The van der Waals surface area contributed by atoms with E-state index >= 15 is 0 Å². The summed E-state index contributed by atoms with van der Waals surface area (Å²) in [6, 6.07) is 21.1. The minimum absolute atomic E-state index is 0.529. The van der Waals surface area contributed by atoms with Gasteiger partial charge in [0.2, 0.25) is 0 Å². The predicted molar refractivity (Wildman–Crippen MR) is 96.7 cm³/mol. The maximum Gasteiger partial charge on any atom is 0.118 e. The Balaban J connectivity index is 1.97. The summed E-state index contributed by atoms with van der Waals surface area (Å²) in [6.45, 7) is 0. The van der Waals surface area contributed by atoms with Crippen molar-refractivity contribution < 1.29 is 9.84 Å². The van der Waals surface area contributed by atoms with E-state index in [1.807, 2.05) is 65.2 Å². The molecule has 0 bridgehead atoms. The molecular weight excluding hydrogens is 312 g/mol. The number of ether oxygens (including phenoxy) is 1. The number of hydrogen-bond acceptors (Lipinski definition) is 3. The van der Waals surface area contributed by atoms with Crippen LogP contribution in [0.5, 0.6) is 5.75 Å². The minimum Gasteiger partial charge on any atom is -0.497 e. The Kier molecular flexibility index (Phi) is 3.64. The first kappa shape index (κ1) is 15.3. The zero-order valence-electron chi connectivity index (χ0n) is 13.7. The molecule has 2 heterocycles. The number of methoxy groups -OCH3 is 1. The van der Waals surface area contributed by atoms with Gasteiger partial charge < -0.3 is 14.2 Å². The first-order valence-electron chi connectivity index (χ1n) is 7.97. The molecule has 2 aromatic heterocycles. The van der Waals surface area contributed by atoms with E-state index in [0.717, 1.165) is 27.7 Å². The van der Waals surface area contributed by atoms with E-state index in [0.29, 0.717) is 11.1 Å². The average molecular weight is 328 g/mol. The van der Waals surface area contributed by atoms with E-state index < -0.39 is 6.10 Å². The summed E-state index contributed by atoms with van der Waals surface area (Å²) in [5.74, 6) is 0.736. The van der Waals surface area contributed by atoms with Gasteiger partial charge in [-0.2, -0.15) is 5.26 Å². The lowest BCUT2D eigenvalue weighted by Gasteiger charge is -2.16. The fraction of sp³-hybridized carbons (Fsp3) is 0.0952. The Morgan fingerprint density at radius 2 is 1.88 bits per heavy atom. The minimum atomic E-state index is -0.838. The normalized spacial score (nSPS) is 12.2. The molecule has 0 spiro atoms. The molecule has 1 unspecified atom stereocenters. The van der Waals surface area contributed by atoms with Crippen LogP contribution in [0.25, 0.3) is 16.4 Å². The zero-order chi connectivity index (χ0) is 17.4. The molecule has 0 amide bonds. The summed E-state index contributed by atoms with van der Waals surface area (Å²) in [5, 5.41) is 21.3. The molecule has 2 aromatic carbocycles. The highest BCUT2D eigenvalue weighted by atomic mass is 16.5. The van der Waals surface area contributed by atoms with Gasteiger partial charge in [-0.3, -0.25) is 0 Å². The quantitative estimate of drug-likeness (QED) is 0.617. The summed E-state index contributed by atoms with van der Waals surface area (Å²) in [6.07, 6.45) is 1.13. The van der Waals surface area contributed by atoms with E-state index in [-0.39, 0.29) is 0 Å². The van der Waals surface area contributed by atoms with Gasteiger partial charge in [0.15, 0.2) is 0 Å². The summed E-state index contributed by atoms with van der Waals surface area (Å²) >= 11 is 0. The molecule has 1 N–H and O–H groups in total. The third-order valence-corrected chi connectivity index (χ3v) is 4.48. The Labute approximate surface area is 145 Å². The molecule has 0 aliphatic rings. The molecule has 0 aliphatic heterocycles. The van der Waals surface area contributed by atoms with Gasteiger partial charge in [-0.1, -0.05) is 18.2 Å². The fourth-order valence-electron chi connectivity index (χ4n) is 3.23. The second kappa shape index (κ2) is 5.97. The molecule has 0 saturated carbocycles. The number of hydrogen-bond donors (Lipinski definition) is 1. The maximum atomic E-state index is 11.0. The molecule has 0 fully saturated rings. The van der Waals surface area contributed by atoms with Crippen LogP contribution in [0.3, 0.4) is 0 Å². The lowest BCUT2D eigenvalue weighted by atomic mass is 9.96. The first-order chi connectivity index (χ1) is 12.2. The third kappa shape index (κ3) is 2.51. The van der Waals surface area contributed by atoms with Crippen molar-refractivity contribution in [3.05, 3.63) is 83.6 Å². The van der Waals surface area contributed by atoms with Gasteiger partial charge in [-0.15, -0.1) is 0 Å². The maximum absolute atomic E-state index is 11.0. The van der Waals surface area contributed by atoms with Crippen molar-refractivity contribution >= 4 is 16.4 Å². The average Bonchev–Trinajstić information content (AvgIpc) is 3.15. The molecular formula is C21H16N2O2. The molecule has 0 saturated heterocycles. The SMILES string of the molecule is COc1ccc(C(O)c2cc(C#N)cc3ccc4cccn4c23)cc1. The van der Waals surface area contributed by atoms with Crippen LogP contribution in [-0.4, -0.2) is 16.6 Å². The van der Waals surface area contributed by atoms with Crippen LogP contribution >= 0.6 is 0 Å². The van der Waals surface area contributed by atoms with Gasteiger partial charge in [0, 0.05) is 22.7 Å². The lowest BCUT2D eigenvalue weighted by molar-refractivity contribution is 0.221. The van der Waals surface area contributed by atoms with Crippen LogP contribution in [0.15, 0.2) is 66.9 Å². The van der Waals surface area contributed by atoms with Gasteiger partial charge in [0.05, 0.1) is 24.3 Å². The summed E-state index contributed by atoms with van der Waals surface area (Å²) < 4.78 is 7.22. The summed E-state index contributed by atoms with van der Waals surface area (Å²) in [5.41, 5.74) is 3.94. The number of rotatable bonds is 3. The highest BCUT2D eigenvalue weighted by Crippen LogP contribution is 2.32. The number of nitriles is 1. The molecule has 4 heteroatoms. The summed E-state index contributed by atoms with van der Waals surface area (Å²) in [7, 11) is 1.61. The van der Waals surface area contributed by atoms with Crippen LogP contribution in [-0.2, 0) is 0 Å². The van der Waals surface area contributed by atoms with Gasteiger partial charge in [0.25, 0.3) is 0 Å².